The lowest BCUT2D eigenvalue weighted by Gasteiger charge is -2.23. The molecule has 2 N–H and O–H groups in total. The molecular weight excluding hydrogens is 258 g/mol. The number of Topliss-reactive ketones (excluding diaryl/α,β-unsaturated/α-hetero) is 1. The molecule has 1 heterocycles. The fourth-order valence-corrected chi connectivity index (χ4v) is 2.48. The molecule has 0 amide bonds. The van der Waals surface area contributed by atoms with Gasteiger partial charge in [0.1, 0.15) is 12.2 Å². The highest BCUT2D eigenvalue weighted by Gasteiger charge is 2.61. The molecule has 19 heavy (non-hydrogen) atoms. The summed E-state index contributed by atoms with van der Waals surface area (Å²) in [6.07, 6.45) is -2.96. The number of aliphatic hydroxyl groups excluding tert-OH is 2. The summed E-state index contributed by atoms with van der Waals surface area (Å²) in [7, 11) is 0. The first-order valence-corrected chi connectivity index (χ1v) is 6.75. The zero-order chi connectivity index (χ0) is 14.6. The standard InChI is InChI=1S/C13H22F2O4/c1-3-5-8(6-4-2)10(17)12-13(14,15)11(18)9(7-16)19-12/h8-9,11-12,16,18H,3-7H2,1-2H3/t9-,11-,12+/m1/s1. The van der Waals surface area contributed by atoms with Crippen LogP contribution in [-0.4, -0.2) is 46.8 Å². The molecule has 1 aliphatic heterocycles. The molecule has 1 aliphatic rings. The monoisotopic (exact) mass is 280 g/mol. The molecule has 0 aromatic heterocycles. The van der Waals surface area contributed by atoms with Crippen molar-refractivity contribution < 1.29 is 28.5 Å². The number of hydrogen-bond donors (Lipinski definition) is 2. The number of carbonyl (C=O) groups is 1. The molecule has 3 atom stereocenters. The topological polar surface area (TPSA) is 66.8 Å². The highest BCUT2D eigenvalue weighted by molar-refractivity contribution is 5.87. The van der Waals surface area contributed by atoms with E-state index in [2.05, 4.69) is 0 Å². The fraction of sp³-hybridized carbons (Fsp3) is 0.923. The summed E-state index contributed by atoms with van der Waals surface area (Å²) in [5, 5.41) is 18.3. The zero-order valence-electron chi connectivity index (χ0n) is 11.3. The van der Waals surface area contributed by atoms with E-state index in [9.17, 15) is 18.7 Å². The molecular formula is C13H22F2O4. The van der Waals surface area contributed by atoms with Crippen molar-refractivity contribution in [3.05, 3.63) is 0 Å². The van der Waals surface area contributed by atoms with E-state index in [1.165, 1.54) is 0 Å². The predicted molar refractivity (Wildman–Crippen MR) is 65.0 cm³/mol. The Morgan fingerprint density at radius 3 is 2.21 bits per heavy atom. The van der Waals surface area contributed by atoms with E-state index < -0.39 is 42.5 Å². The summed E-state index contributed by atoms with van der Waals surface area (Å²) in [6.45, 7) is 3.04. The van der Waals surface area contributed by atoms with Crippen molar-refractivity contribution in [3.8, 4) is 0 Å². The molecule has 1 fully saturated rings. The predicted octanol–water partition coefficient (Wildman–Crippen LogP) is 1.53. The lowest BCUT2D eigenvalue weighted by atomic mass is 9.88. The highest BCUT2D eigenvalue weighted by Crippen LogP contribution is 2.38. The molecule has 1 saturated heterocycles. The van der Waals surface area contributed by atoms with Crippen molar-refractivity contribution in [3.63, 3.8) is 0 Å². The Hall–Kier alpha value is -0.590. The van der Waals surface area contributed by atoms with Crippen molar-refractivity contribution in [1.29, 1.82) is 0 Å². The van der Waals surface area contributed by atoms with E-state index in [4.69, 9.17) is 9.84 Å². The van der Waals surface area contributed by atoms with Crippen molar-refractivity contribution in [1.82, 2.24) is 0 Å². The molecule has 0 aliphatic carbocycles. The summed E-state index contributed by atoms with van der Waals surface area (Å²) >= 11 is 0. The number of hydrogen-bond acceptors (Lipinski definition) is 4. The van der Waals surface area contributed by atoms with Crippen LogP contribution < -0.4 is 0 Å². The Kier molecular flexibility index (Phi) is 5.82. The summed E-state index contributed by atoms with van der Waals surface area (Å²) in [5.74, 6) is -4.77. The molecule has 0 spiro atoms. The summed E-state index contributed by atoms with van der Waals surface area (Å²) in [6, 6.07) is 0. The van der Waals surface area contributed by atoms with Gasteiger partial charge in [-0.2, -0.15) is 0 Å². The average molecular weight is 280 g/mol. The lowest BCUT2D eigenvalue weighted by Crippen LogP contribution is -2.45. The van der Waals surface area contributed by atoms with Crippen LogP contribution in [0.1, 0.15) is 39.5 Å². The second-order valence-electron chi connectivity index (χ2n) is 5.03. The van der Waals surface area contributed by atoms with Gasteiger partial charge in [-0.3, -0.25) is 4.79 Å². The lowest BCUT2D eigenvalue weighted by molar-refractivity contribution is -0.154. The van der Waals surface area contributed by atoms with Crippen LogP contribution in [0.2, 0.25) is 0 Å². The minimum atomic E-state index is -3.63. The smallest absolute Gasteiger partial charge is 0.308 e. The van der Waals surface area contributed by atoms with E-state index in [0.29, 0.717) is 12.8 Å². The van der Waals surface area contributed by atoms with Crippen LogP contribution in [0, 0.1) is 5.92 Å². The fourth-order valence-electron chi connectivity index (χ4n) is 2.48. The van der Waals surface area contributed by atoms with Gasteiger partial charge in [0, 0.05) is 5.92 Å². The number of aliphatic hydroxyl groups is 2. The first-order valence-electron chi connectivity index (χ1n) is 6.75. The molecule has 0 aromatic carbocycles. The third kappa shape index (κ3) is 3.30. The maximum absolute atomic E-state index is 13.8. The molecule has 0 bridgehead atoms. The van der Waals surface area contributed by atoms with Crippen LogP contribution in [0.3, 0.4) is 0 Å². The second kappa shape index (κ2) is 6.72. The molecule has 6 heteroatoms. The minimum absolute atomic E-state index is 0.476. The van der Waals surface area contributed by atoms with Gasteiger partial charge in [0.2, 0.25) is 0 Å². The molecule has 0 unspecified atom stereocenters. The van der Waals surface area contributed by atoms with Crippen LogP contribution in [0.25, 0.3) is 0 Å². The normalized spacial score (nSPS) is 29.9. The third-order valence-corrected chi connectivity index (χ3v) is 3.52. The largest absolute Gasteiger partial charge is 0.394 e. The molecule has 112 valence electrons. The molecule has 0 saturated carbocycles. The van der Waals surface area contributed by atoms with Crippen molar-refractivity contribution in [2.75, 3.05) is 6.61 Å². The van der Waals surface area contributed by atoms with E-state index in [-0.39, 0.29) is 0 Å². The van der Waals surface area contributed by atoms with Crippen molar-refractivity contribution in [2.24, 2.45) is 5.92 Å². The zero-order valence-corrected chi connectivity index (χ0v) is 11.3. The second-order valence-corrected chi connectivity index (χ2v) is 5.03. The third-order valence-electron chi connectivity index (χ3n) is 3.52. The Bertz CT molecular complexity index is 303. The number of halogens is 2. The van der Waals surface area contributed by atoms with Gasteiger partial charge >= 0.3 is 5.92 Å². The van der Waals surface area contributed by atoms with E-state index in [1.54, 1.807) is 0 Å². The van der Waals surface area contributed by atoms with Crippen molar-refractivity contribution in [2.45, 2.75) is 63.8 Å². The van der Waals surface area contributed by atoms with Crippen LogP contribution in [0.5, 0.6) is 0 Å². The summed E-state index contributed by atoms with van der Waals surface area (Å²) in [5.41, 5.74) is 0. The van der Waals surface area contributed by atoms with Crippen LogP contribution >= 0.6 is 0 Å². The Morgan fingerprint density at radius 2 is 1.84 bits per heavy atom. The molecule has 1 rings (SSSR count). The SMILES string of the molecule is CCCC(CCC)C(=O)[C@@H]1O[C@H](CO)[C@@H](O)C1(F)F. The molecule has 4 nitrogen and oxygen atoms in total. The van der Waals surface area contributed by atoms with E-state index in [1.807, 2.05) is 13.8 Å². The maximum atomic E-state index is 13.8. The first-order chi connectivity index (χ1) is 8.89. The Labute approximate surface area is 111 Å². The highest BCUT2D eigenvalue weighted by atomic mass is 19.3. The Morgan fingerprint density at radius 1 is 1.32 bits per heavy atom. The molecule has 0 aromatic rings. The summed E-state index contributed by atoms with van der Waals surface area (Å²) < 4.78 is 32.5. The first kappa shape index (κ1) is 16.5. The van der Waals surface area contributed by atoms with Crippen molar-refractivity contribution >= 4 is 5.78 Å². The van der Waals surface area contributed by atoms with Crippen LogP contribution in [0.4, 0.5) is 8.78 Å². The van der Waals surface area contributed by atoms with Gasteiger partial charge in [0.25, 0.3) is 0 Å². The van der Waals surface area contributed by atoms with Gasteiger partial charge in [-0.15, -0.1) is 0 Å². The number of ketones is 1. The minimum Gasteiger partial charge on any atom is -0.394 e. The molecule has 0 radical (unpaired) electrons. The summed E-state index contributed by atoms with van der Waals surface area (Å²) in [4.78, 5) is 12.2. The quantitative estimate of drug-likeness (QED) is 0.742. The number of carbonyl (C=O) groups excluding carboxylic acids is 1. The average Bonchev–Trinajstić information content (AvgIpc) is 2.60. The Balaban J connectivity index is 2.85. The number of alkyl halides is 2. The van der Waals surface area contributed by atoms with Gasteiger partial charge in [-0.05, 0) is 12.8 Å². The van der Waals surface area contributed by atoms with Crippen LogP contribution in [0.15, 0.2) is 0 Å². The van der Waals surface area contributed by atoms with Gasteiger partial charge in [0.05, 0.1) is 6.61 Å². The number of ether oxygens (including phenoxy) is 1. The van der Waals surface area contributed by atoms with Gasteiger partial charge in [0.15, 0.2) is 11.9 Å². The maximum Gasteiger partial charge on any atom is 0.308 e. The van der Waals surface area contributed by atoms with E-state index >= 15 is 0 Å². The van der Waals surface area contributed by atoms with Gasteiger partial charge < -0.3 is 14.9 Å². The van der Waals surface area contributed by atoms with Gasteiger partial charge in [-0.1, -0.05) is 26.7 Å². The van der Waals surface area contributed by atoms with Crippen LogP contribution in [-0.2, 0) is 9.53 Å². The van der Waals surface area contributed by atoms with E-state index in [0.717, 1.165) is 12.8 Å². The number of rotatable bonds is 7. The van der Waals surface area contributed by atoms with Gasteiger partial charge in [-0.25, -0.2) is 8.78 Å².